The van der Waals surface area contributed by atoms with Crippen molar-refractivity contribution in [1.82, 2.24) is 14.9 Å². The molecule has 0 bridgehead atoms. The molecule has 1 unspecified atom stereocenters. The number of nitrogens with one attached hydrogen (secondary N) is 1. The lowest BCUT2D eigenvalue weighted by Crippen LogP contribution is -2.41. The summed E-state index contributed by atoms with van der Waals surface area (Å²) in [6, 6.07) is 12.9. The van der Waals surface area contributed by atoms with Crippen LogP contribution >= 0.6 is 0 Å². The lowest BCUT2D eigenvalue weighted by molar-refractivity contribution is 0.0599. The summed E-state index contributed by atoms with van der Waals surface area (Å²) in [6.07, 6.45) is 4.96. The highest BCUT2D eigenvalue weighted by Crippen LogP contribution is 2.38. The van der Waals surface area contributed by atoms with E-state index in [9.17, 15) is 4.39 Å². The van der Waals surface area contributed by atoms with Crippen molar-refractivity contribution in [2.24, 2.45) is 0 Å². The number of benzene rings is 2. The molecule has 1 aliphatic rings. The van der Waals surface area contributed by atoms with Crippen LogP contribution in [0, 0.1) is 12.7 Å². The molecule has 0 radical (unpaired) electrons. The molecule has 0 aliphatic carbocycles. The normalized spacial score (nSPS) is 15.6. The Labute approximate surface area is 193 Å². The number of hydrogen-bond acceptors (Lipinski definition) is 4. The van der Waals surface area contributed by atoms with Gasteiger partial charge in [-0.15, -0.1) is 0 Å². The molecular formula is C27H30FN3O2. The van der Waals surface area contributed by atoms with Crippen LogP contribution in [0.2, 0.25) is 0 Å². The van der Waals surface area contributed by atoms with Gasteiger partial charge in [0.15, 0.2) is 11.5 Å². The van der Waals surface area contributed by atoms with Crippen LogP contribution in [-0.4, -0.2) is 47.2 Å². The smallest absolute Gasteiger partial charge is 0.171 e. The molecule has 1 atom stereocenters. The summed E-state index contributed by atoms with van der Waals surface area (Å²) < 4.78 is 26.2. The first-order valence-corrected chi connectivity index (χ1v) is 11.8. The zero-order valence-corrected chi connectivity index (χ0v) is 19.2. The fraction of sp³-hybridized carbons (Fsp3) is 0.370. The maximum Gasteiger partial charge on any atom is 0.171 e. The highest BCUT2D eigenvalue weighted by molar-refractivity contribution is 5.88. The molecule has 33 heavy (non-hydrogen) atoms. The quantitative estimate of drug-likeness (QED) is 0.379. The molecular weight excluding hydrogens is 417 g/mol. The maximum atomic E-state index is 13.7. The molecule has 1 N–H and O–H groups in total. The van der Waals surface area contributed by atoms with Gasteiger partial charge >= 0.3 is 0 Å². The number of pyridine rings is 1. The van der Waals surface area contributed by atoms with Crippen molar-refractivity contribution in [3.05, 3.63) is 65.7 Å². The van der Waals surface area contributed by atoms with E-state index in [4.69, 9.17) is 9.47 Å². The number of H-pyrrole nitrogens is 1. The van der Waals surface area contributed by atoms with E-state index in [1.165, 1.54) is 11.6 Å². The van der Waals surface area contributed by atoms with Crippen LogP contribution in [0.1, 0.15) is 31.0 Å². The number of rotatable bonds is 8. The second kappa shape index (κ2) is 9.40. The third kappa shape index (κ3) is 4.67. The van der Waals surface area contributed by atoms with E-state index in [0.717, 1.165) is 77.9 Å². The number of fused-ring (bicyclic) bond motifs is 4. The van der Waals surface area contributed by atoms with Crippen LogP contribution in [0.5, 0.6) is 11.5 Å². The van der Waals surface area contributed by atoms with Gasteiger partial charge in [0, 0.05) is 34.7 Å². The SMILES string of the molecule is CCCN(CCCc1c[nH]c2ccc(F)cc12)CC1COc2ccc3nc(C)ccc3c2O1. The summed E-state index contributed by atoms with van der Waals surface area (Å²) in [5.74, 6) is 1.40. The summed E-state index contributed by atoms with van der Waals surface area (Å²) in [6.45, 7) is 7.51. The van der Waals surface area contributed by atoms with Crippen LogP contribution < -0.4 is 9.47 Å². The van der Waals surface area contributed by atoms with Crippen molar-refractivity contribution in [1.29, 1.82) is 0 Å². The van der Waals surface area contributed by atoms with Gasteiger partial charge in [-0.25, -0.2) is 4.39 Å². The molecule has 2 aromatic heterocycles. The molecule has 0 amide bonds. The van der Waals surface area contributed by atoms with Gasteiger partial charge in [0.1, 0.15) is 18.5 Å². The van der Waals surface area contributed by atoms with Crippen LogP contribution in [0.4, 0.5) is 4.39 Å². The molecule has 5 nitrogen and oxygen atoms in total. The van der Waals surface area contributed by atoms with Gasteiger partial charge in [0.2, 0.25) is 0 Å². The molecule has 0 fully saturated rings. The Morgan fingerprint density at radius 3 is 2.91 bits per heavy atom. The lowest BCUT2D eigenvalue weighted by Gasteiger charge is -2.32. The number of aromatic nitrogens is 2. The summed E-state index contributed by atoms with van der Waals surface area (Å²) in [5.41, 5.74) is 4.07. The predicted octanol–water partition coefficient (Wildman–Crippen LogP) is 5.65. The molecule has 4 aromatic rings. The number of ether oxygens (including phenoxy) is 2. The van der Waals surface area contributed by atoms with Crippen molar-refractivity contribution in [2.75, 3.05) is 26.2 Å². The molecule has 1 aliphatic heterocycles. The first kappa shape index (κ1) is 21.7. The summed E-state index contributed by atoms with van der Waals surface area (Å²) in [7, 11) is 0. The van der Waals surface area contributed by atoms with E-state index < -0.39 is 0 Å². The van der Waals surface area contributed by atoms with Crippen LogP contribution in [0.25, 0.3) is 21.8 Å². The Balaban J connectivity index is 1.24. The Morgan fingerprint density at radius 2 is 2.03 bits per heavy atom. The zero-order valence-electron chi connectivity index (χ0n) is 19.2. The van der Waals surface area contributed by atoms with E-state index in [1.807, 2.05) is 31.3 Å². The van der Waals surface area contributed by atoms with Gasteiger partial charge in [-0.3, -0.25) is 9.88 Å². The molecule has 0 saturated carbocycles. The monoisotopic (exact) mass is 447 g/mol. The predicted molar refractivity (Wildman–Crippen MR) is 130 cm³/mol. The third-order valence-electron chi connectivity index (χ3n) is 6.29. The van der Waals surface area contributed by atoms with Crippen molar-refractivity contribution in [3.63, 3.8) is 0 Å². The number of aromatic amines is 1. The van der Waals surface area contributed by atoms with Gasteiger partial charge in [0.25, 0.3) is 0 Å². The fourth-order valence-corrected chi connectivity index (χ4v) is 4.72. The van der Waals surface area contributed by atoms with Crippen LogP contribution in [-0.2, 0) is 6.42 Å². The van der Waals surface area contributed by atoms with Gasteiger partial charge in [0.05, 0.1) is 5.52 Å². The fourth-order valence-electron chi connectivity index (χ4n) is 4.72. The van der Waals surface area contributed by atoms with E-state index >= 15 is 0 Å². The first-order valence-electron chi connectivity index (χ1n) is 11.8. The van der Waals surface area contributed by atoms with E-state index in [-0.39, 0.29) is 11.9 Å². The van der Waals surface area contributed by atoms with E-state index in [0.29, 0.717) is 6.61 Å². The average Bonchev–Trinajstić information content (AvgIpc) is 3.21. The highest BCUT2D eigenvalue weighted by atomic mass is 19.1. The average molecular weight is 448 g/mol. The molecule has 172 valence electrons. The standard InChI is InChI=1S/C27H30FN3O2/c1-3-12-31(13-4-5-19-15-29-24-9-7-20(28)14-23(19)24)16-21-17-32-26-11-10-25-22(27(26)33-21)8-6-18(2)30-25/h6-11,14-15,21,29H,3-5,12-13,16-17H2,1-2H3. The van der Waals surface area contributed by atoms with Crippen LogP contribution in [0.15, 0.2) is 48.7 Å². The van der Waals surface area contributed by atoms with Crippen molar-refractivity contribution >= 4 is 21.8 Å². The summed E-state index contributed by atoms with van der Waals surface area (Å²) in [5, 5.41) is 1.98. The minimum absolute atomic E-state index is 0.0295. The van der Waals surface area contributed by atoms with E-state index in [1.54, 1.807) is 12.1 Å². The topological polar surface area (TPSA) is 50.4 Å². The Bertz CT molecular complexity index is 1270. The van der Waals surface area contributed by atoms with Crippen molar-refractivity contribution < 1.29 is 13.9 Å². The van der Waals surface area contributed by atoms with Gasteiger partial charge in [-0.2, -0.15) is 0 Å². The molecule has 0 spiro atoms. The van der Waals surface area contributed by atoms with Gasteiger partial charge < -0.3 is 14.5 Å². The minimum Gasteiger partial charge on any atom is -0.486 e. The van der Waals surface area contributed by atoms with E-state index in [2.05, 4.69) is 27.9 Å². The molecule has 5 rings (SSSR count). The van der Waals surface area contributed by atoms with Gasteiger partial charge in [-0.05, 0) is 87.3 Å². The van der Waals surface area contributed by atoms with Crippen molar-refractivity contribution in [3.8, 4) is 11.5 Å². The number of nitrogens with zero attached hydrogens (tertiary/aromatic N) is 2. The zero-order chi connectivity index (χ0) is 22.8. The second-order valence-corrected chi connectivity index (χ2v) is 8.87. The summed E-state index contributed by atoms with van der Waals surface area (Å²) >= 11 is 0. The minimum atomic E-state index is -0.191. The maximum absolute atomic E-state index is 13.7. The van der Waals surface area contributed by atoms with Crippen LogP contribution in [0.3, 0.4) is 0 Å². The Hall–Kier alpha value is -3.12. The second-order valence-electron chi connectivity index (χ2n) is 8.87. The molecule has 2 aromatic carbocycles. The number of hydrogen-bond donors (Lipinski definition) is 1. The van der Waals surface area contributed by atoms with Crippen molar-refractivity contribution in [2.45, 2.75) is 39.2 Å². The first-order chi connectivity index (χ1) is 16.1. The molecule has 3 heterocycles. The largest absolute Gasteiger partial charge is 0.486 e. The summed E-state index contributed by atoms with van der Waals surface area (Å²) in [4.78, 5) is 10.3. The number of aryl methyl sites for hydroxylation is 2. The third-order valence-corrected chi connectivity index (χ3v) is 6.29. The molecule has 6 heteroatoms. The Kier molecular flexibility index (Phi) is 6.18. The Morgan fingerprint density at radius 1 is 1.12 bits per heavy atom. The number of halogens is 1. The highest BCUT2D eigenvalue weighted by Gasteiger charge is 2.25. The van der Waals surface area contributed by atoms with Gasteiger partial charge in [-0.1, -0.05) is 6.92 Å². The molecule has 0 saturated heterocycles. The lowest BCUT2D eigenvalue weighted by atomic mass is 10.1.